The maximum atomic E-state index is 11.8. The number of rotatable bonds is 10. The fourth-order valence-corrected chi connectivity index (χ4v) is 5.64. The molecule has 2 aromatic heterocycles. The summed E-state index contributed by atoms with van der Waals surface area (Å²) in [6.45, 7) is 0. The number of hydrogen-bond donors (Lipinski definition) is 3. The third-order valence-electron chi connectivity index (χ3n) is 8.12. The number of halogens is 3. The number of quaternary nitrogens is 1. The van der Waals surface area contributed by atoms with Crippen molar-refractivity contribution in [1.82, 2.24) is 19.9 Å². The van der Waals surface area contributed by atoms with E-state index < -0.39 is 5.91 Å². The van der Waals surface area contributed by atoms with Gasteiger partial charge >= 0.3 is 5.91 Å². The first-order valence-electron chi connectivity index (χ1n) is 16.9. The van der Waals surface area contributed by atoms with Gasteiger partial charge in [0.15, 0.2) is 0 Å². The summed E-state index contributed by atoms with van der Waals surface area (Å²) in [5.74, 6) is 0.870. The van der Waals surface area contributed by atoms with Crippen molar-refractivity contribution in [3.63, 3.8) is 0 Å². The summed E-state index contributed by atoms with van der Waals surface area (Å²) in [4.78, 5) is 43.4. The van der Waals surface area contributed by atoms with Gasteiger partial charge in [0.1, 0.15) is 34.9 Å². The predicted molar refractivity (Wildman–Crippen MR) is 224 cm³/mol. The Morgan fingerprint density at radius 1 is 0.690 bits per heavy atom. The van der Waals surface area contributed by atoms with Crippen molar-refractivity contribution in [2.75, 3.05) is 57.9 Å². The molecule has 0 bridgehead atoms. The number of nitrogens with zero attached hydrogens (tertiary/aromatic N) is 6. The molecular formula is C42H49Cl3N9O4-. The van der Waals surface area contributed by atoms with E-state index in [0.717, 1.165) is 56.6 Å². The highest BCUT2D eigenvalue weighted by Crippen LogP contribution is 2.30. The molecule has 58 heavy (non-hydrogen) atoms. The smallest absolute Gasteiger partial charge is 0.343 e. The minimum atomic E-state index is -0.446. The van der Waals surface area contributed by atoms with Crippen molar-refractivity contribution in [1.29, 1.82) is 0 Å². The molecule has 4 aromatic carbocycles. The zero-order valence-corrected chi connectivity index (χ0v) is 34.7. The number of amides is 2. The summed E-state index contributed by atoms with van der Waals surface area (Å²) in [7, 11) is 10.8. The summed E-state index contributed by atoms with van der Waals surface area (Å²) in [5, 5.41) is 0.422. The fraction of sp³-hybridized carbons (Fsp3) is 0.190. The third-order valence-corrected chi connectivity index (χ3v) is 8.33. The molecule has 0 aliphatic heterocycles. The number of nitrogens with two attached hydrogens (primary N) is 2. The number of nitrogen functional groups attached to an aromatic ring is 1. The molecule has 0 saturated heterocycles. The van der Waals surface area contributed by atoms with Gasteiger partial charge in [0, 0.05) is 68.9 Å². The Labute approximate surface area is 357 Å². The number of carbonyl (C=O) groups is 2. The maximum Gasteiger partial charge on any atom is 0.343 e. The van der Waals surface area contributed by atoms with Crippen molar-refractivity contribution < 1.29 is 49.6 Å². The first-order valence-corrected chi connectivity index (χ1v) is 17.3. The van der Waals surface area contributed by atoms with E-state index in [-0.39, 0.29) is 38.1 Å². The molecule has 6 rings (SSSR count). The number of para-hydroxylation sites is 2. The van der Waals surface area contributed by atoms with E-state index >= 15 is 0 Å². The normalized spacial score (nSPS) is 9.66. The van der Waals surface area contributed by atoms with E-state index in [1.807, 2.05) is 117 Å². The van der Waals surface area contributed by atoms with Crippen LogP contribution in [-0.2, 0) is 6.42 Å². The fourth-order valence-electron chi connectivity index (χ4n) is 5.49. The van der Waals surface area contributed by atoms with Crippen molar-refractivity contribution >= 4 is 40.5 Å². The van der Waals surface area contributed by atoms with Gasteiger partial charge in [-0.25, -0.2) is 24.7 Å². The molecule has 0 fully saturated rings. The standard InChI is InChI=1S/C21H22N4O2.C11H9ClN2O.C9H13N3O.CH4.2ClH/c1-25(2)19-9-8-14(11-17(19)21(22)26)10-15-12-18(24-13-23-15)16-6-4-5-7-20(16)27-3;1-15-10-5-3-2-4-8(10)9-6-11(12)14-7-13-9;1-12(2)8-4-3-6(10)5-7(8)9(11)13;;;/h4-9,11-13H,10H2,1-3H3,(H2,22,26);2-7H,1H3;3-5H,10H2,1-2H3,(H2,11,13);1H4;2*1H/p-1. The molecule has 0 radical (unpaired) electrons. The molecule has 13 nitrogen and oxygen atoms in total. The molecular weight excluding hydrogens is 801 g/mol. The van der Waals surface area contributed by atoms with Crippen LogP contribution < -0.4 is 61.3 Å². The van der Waals surface area contributed by atoms with Crippen LogP contribution in [0.5, 0.6) is 11.5 Å². The Balaban J connectivity index is 0.000000463. The van der Waals surface area contributed by atoms with Gasteiger partial charge in [0.2, 0.25) is 0 Å². The number of anilines is 3. The number of primary amides is 1. The lowest BCUT2D eigenvalue weighted by Crippen LogP contribution is -3.00. The molecule has 2 heterocycles. The average molecular weight is 850 g/mol. The average Bonchev–Trinajstić information content (AvgIpc) is 3.18. The van der Waals surface area contributed by atoms with Crippen LogP contribution in [0.1, 0.15) is 39.4 Å². The zero-order chi connectivity index (χ0) is 40.1. The zero-order valence-electron chi connectivity index (χ0n) is 32.4. The number of carbonyl (C=O) groups excluding carboxylic acids is 2. The number of benzene rings is 4. The van der Waals surface area contributed by atoms with Gasteiger partial charge in [-0.3, -0.25) is 10.5 Å². The number of aromatic nitrogens is 4. The number of ether oxygens (including phenoxy) is 2. The lowest BCUT2D eigenvalue weighted by atomic mass is 10.0. The maximum absolute atomic E-state index is 11.8. The first kappa shape index (κ1) is 50.0. The van der Waals surface area contributed by atoms with Crippen molar-refractivity contribution in [3.05, 3.63) is 137 Å². The Kier molecular flexibility index (Phi) is 20.6. The van der Waals surface area contributed by atoms with Crippen LogP contribution in [0.2, 0.25) is 5.15 Å². The van der Waals surface area contributed by atoms with Crippen LogP contribution >= 0.6 is 11.6 Å². The predicted octanol–water partition coefficient (Wildman–Crippen LogP) is 0.0745. The van der Waals surface area contributed by atoms with Gasteiger partial charge in [0.25, 0.3) is 5.91 Å². The second kappa shape index (κ2) is 23.9. The summed E-state index contributed by atoms with van der Waals surface area (Å²) in [6, 6.07) is 29.9. The SMILES string of the molecule is C.CN(C)c1ccc(N)cc1C([NH3+])=O.COc1ccccc1-c1cc(Cc2ccc(N(C)C)c(C(N)=O)c2)ncn1.COc1ccccc1-c1cc(Cl)ncn1.[Cl-].[Cl-]. The van der Waals surface area contributed by atoms with Crippen LogP contribution in [0.3, 0.4) is 0 Å². The number of methoxy groups -OCH3 is 2. The van der Waals surface area contributed by atoms with E-state index in [1.165, 1.54) is 6.33 Å². The van der Waals surface area contributed by atoms with Gasteiger partial charge < -0.3 is 55.6 Å². The summed E-state index contributed by atoms with van der Waals surface area (Å²) in [5.41, 5.74) is 22.9. The van der Waals surface area contributed by atoms with Crippen LogP contribution in [0.25, 0.3) is 22.5 Å². The number of hydrogen-bond acceptors (Lipinski definition) is 11. The highest BCUT2D eigenvalue weighted by Gasteiger charge is 2.14. The Bertz CT molecular complexity index is 2260. The van der Waals surface area contributed by atoms with Crippen LogP contribution in [-0.4, -0.2) is 74.2 Å². The molecule has 308 valence electrons. The topological polar surface area (TPSA) is 190 Å². The molecule has 0 saturated carbocycles. The van der Waals surface area contributed by atoms with Gasteiger partial charge in [0.05, 0.1) is 36.9 Å². The molecule has 2 amide bonds. The van der Waals surface area contributed by atoms with E-state index in [9.17, 15) is 9.59 Å². The van der Waals surface area contributed by atoms with Crippen molar-refractivity contribution in [2.24, 2.45) is 5.73 Å². The lowest BCUT2D eigenvalue weighted by molar-refractivity contribution is -0.254. The highest BCUT2D eigenvalue weighted by molar-refractivity contribution is 6.29. The molecule has 0 spiro atoms. The molecule has 6 aromatic rings. The lowest BCUT2D eigenvalue weighted by Gasteiger charge is -2.17. The van der Waals surface area contributed by atoms with Crippen LogP contribution in [0.4, 0.5) is 17.1 Å². The van der Waals surface area contributed by atoms with Gasteiger partial charge in [-0.15, -0.1) is 0 Å². The molecule has 0 unspecified atom stereocenters. The molecule has 16 heteroatoms. The largest absolute Gasteiger partial charge is 1.00 e. The highest BCUT2D eigenvalue weighted by atomic mass is 35.5. The molecule has 0 atom stereocenters. The van der Waals surface area contributed by atoms with E-state index in [2.05, 4.69) is 25.7 Å². The second-order valence-corrected chi connectivity index (χ2v) is 12.8. The monoisotopic (exact) mass is 848 g/mol. The summed E-state index contributed by atoms with van der Waals surface area (Å²) in [6.07, 6.45) is 3.54. The van der Waals surface area contributed by atoms with E-state index in [0.29, 0.717) is 28.4 Å². The molecule has 0 aliphatic rings. The third kappa shape index (κ3) is 13.6. The van der Waals surface area contributed by atoms with Gasteiger partial charge in [-0.1, -0.05) is 49.4 Å². The summed E-state index contributed by atoms with van der Waals surface area (Å²) >= 11 is 5.80. The second-order valence-electron chi connectivity index (χ2n) is 12.4. The molecule has 0 aliphatic carbocycles. The quantitative estimate of drug-likeness (QED) is 0.125. The van der Waals surface area contributed by atoms with Crippen molar-refractivity contribution in [2.45, 2.75) is 13.8 Å². The van der Waals surface area contributed by atoms with Gasteiger partial charge in [-0.2, -0.15) is 0 Å². The van der Waals surface area contributed by atoms with E-state index in [1.54, 1.807) is 38.7 Å². The Morgan fingerprint density at radius 2 is 1.19 bits per heavy atom. The molecule has 7 N–H and O–H groups in total. The van der Waals surface area contributed by atoms with Crippen molar-refractivity contribution in [3.8, 4) is 34.0 Å². The minimum Gasteiger partial charge on any atom is -1.00 e. The Hall–Kier alpha value is -5.99. The van der Waals surface area contributed by atoms with Gasteiger partial charge in [-0.05, 0) is 66.2 Å². The first-order chi connectivity index (χ1) is 26.3. The Morgan fingerprint density at radius 3 is 1.69 bits per heavy atom. The van der Waals surface area contributed by atoms with Crippen LogP contribution in [0, 0.1) is 0 Å². The van der Waals surface area contributed by atoms with E-state index in [4.69, 9.17) is 32.5 Å². The summed E-state index contributed by atoms with van der Waals surface area (Å²) < 4.78 is 10.7. The minimum absolute atomic E-state index is 0. The van der Waals surface area contributed by atoms with Crippen LogP contribution in [0.15, 0.2) is 110 Å².